The molecule has 0 saturated heterocycles. The number of halogens is 6. The van der Waals surface area contributed by atoms with Crippen molar-refractivity contribution in [3.63, 3.8) is 0 Å². The molecule has 0 aliphatic carbocycles. The Morgan fingerprint density at radius 2 is 1.85 bits per heavy atom. The molecule has 0 spiro atoms. The Hall–Kier alpha value is 0.0700. The van der Waals surface area contributed by atoms with Crippen LogP contribution in [0, 0.1) is 20.8 Å². The minimum absolute atomic E-state index is 0.0295. The van der Waals surface area contributed by atoms with Gasteiger partial charge in [0, 0.05) is 13.7 Å². The predicted molar refractivity (Wildman–Crippen MR) is 89.1 cm³/mol. The fraction of sp³-hybridized carbons (Fsp3) is 0.222. The number of amides is 1. The van der Waals surface area contributed by atoms with Crippen LogP contribution in [-0.2, 0) is 11.3 Å². The molecule has 0 heterocycles. The van der Waals surface area contributed by atoms with Crippen LogP contribution in [0.5, 0.6) is 0 Å². The Labute approximate surface area is 151 Å². The molecular formula is C9H4F3I3N2O3. The summed E-state index contributed by atoms with van der Waals surface area (Å²) in [5.74, 6) is -2.13. The highest BCUT2D eigenvalue weighted by molar-refractivity contribution is 14.1. The van der Waals surface area contributed by atoms with E-state index in [0.29, 0.717) is 10.7 Å². The highest BCUT2D eigenvalue weighted by Crippen LogP contribution is 2.33. The standard InChI is InChI=1S/C9H4F3I3N2O3/c10-9(11,12)8(18)16-2-3-1-4(13)5(14)6(15)7(3)17(19)20/h1H,2H2,(H,16,18). The number of nitro groups is 1. The van der Waals surface area contributed by atoms with Crippen LogP contribution in [0.4, 0.5) is 18.9 Å². The summed E-state index contributed by atoms with van der Waals surface area (Å²) in [6.45, 7) is -0.558. The normalized spacial score (nSPS) is 11.3. The summed E-state index contributed by atoms with van der Waals surface area (Å²) in [6, 6.07) is 1.39. The molecule has 0 atom stereocenters. The van der Waals surface area contributed by atoms with Crippen molar-refractivity contribution < 1.29 is 22.9 Å². The van der Waals surface area contributed by atoms with E-state index in [4.69, 9.17) is 0 Å². The van der Waals surface area contributed by atoms with Crippen molar-refractivity contribution in [2.45, 2.75) is 12.7 Å². The van der Waals surface area contributed by atoms with Crippen LogP contribution in [0.2, 0.25) is 0 Å². The third-order valence-electron chi connectivity index (χ3n) is 2.09. The van der Waals surface area contributed by atoms with E-state index in [9.17, 15) is 28.1 Å². The van der Waals surface area contributed by atoms with Crippen LogP contribution >= 0.6 is 67.8 Å². The lowest BCUT2D eigenvalue weighted by molar-refractivity contribution is -0.386. The highest BCUT2D eigenvalue weighted by atomic mass is 127. The van der Waals surface area contributed by atoms with Gasteiger partial charge >= 0.3 is 12.1 Å². The van der Waals surface area contributed by atoms with Gasteiger partial charge < -0.3 is 5.32 Å². The quantitative estimate of drug-likeness (QED) is 0.242. The second kappa shape index (κ2) is 6.89. The third kappa shape index (κ3) is 4.28. The summed E-state index contributed by atoms with van der Waals surface area (Å²) < 4.78 is 37.9. The summed E-state index contributed by atoms with van der Waals surface area (Å²) >= 11 is 5.59. The molecule has 110 valence electrons. The maximum absolute atomic E-state index is 12.1. The van der Waals surface area contributed by atoms with Gasteiger partial charge in [-0.2, -0.15) is 13.2 Å². The molecule has 0 saturated carbocycles. The Morgan fingerprint density at radius 3 is 2.30 bits per heavy atom. The lowest BCUT2D eigenvalue weighted by atomic mass is 10.2. The molecule has 1 aromatic carbocycles. The predicted octanol–water partition coefficient (Wildman–Crippen LogP) is 3.59. The van der Waals surface area contributed by atoms with E-state index >= 15 is 0 Å². The van der Waals surface area contributed by atoms with Crippen LogP contribution in [0.25, 0.3) is 0 Å². The zero-order chi connectivity index (χ0) is 15.7. The minimum Gasteiger partial charge on any atom is -0.344 e. The molecule has 5 nitrogen and oxygen atoms in total. The smallest absolute Gasteiger partial charge is 0.344 e. The van der Waals surface area contributed by atoms with Gasteiger partial charge in [0.2, 0.25) is 0 Å². The number of rotatable bonds is 3. The number of carbonyl (C=O) groups is 1. The fourth-order valence-corrected chi connectivity index (χ4v) is 3.65. The second-order valence-corrected chi connectivity index (χ2v) is 6.75. The van der Waals surface area contributed by atoms with Crippen molar-refractivity contribution in [3.05, 3.63) is 32.5 Å². The van der Waals surface area contributed by atoms with E-state index in [1.807, 2.05) is 45.2 Å². The number of nitro benzene ring substituents is 1. The maximum Gasteiger partial charge on any atom is 0.471 e. The van der Waals surface area contributed by atoms with Crippen molar-refractivity contribution in [2.24, 2.45) is 0 Å². The highest BCUT2D eigenvalue weighted by Gasteiger charge is 2.38. The first kappa shape index (κ1) is 18.1. The first-order valence-electron chi connectivity index (χ1n) is 4.71. The van der Waals surface area contributed by atoms with Gasteiger partial charge in [0.15, 0.2) is 0 Å². The van der Waals surface area contributed by atoms with Gasteiger partial charge in [-0.1, -0.05) is 0 Å². The van der Waals surface area contributed by atoms with Crippen molar-refractivity contribution >= 4 is 79.4 Å². The monoisotopic (exact) mass is 626 g/mol. The zero-order valence-corrected chi connectivity index (χ0v) is 15.7. The molecule has 0 unspecified atom stereocenters. The topological polar surface area (TPSA) is 72.2 Å². The number of hydrogen-bond donors (Lipinski definition) is 1. The van der Waals surface area contributed by atoms with E-state index in [0.717, 1.165) is 0 Å². The van der Waals surface area contributed by atoms with Gasteiger partial charge in [-0.05, 0) is 73.8 Å². The van der Waals surface area contributed by atoms with Gasteiger partial charge in [-0.15, -0.1) is 0 Å². The zero-order valence-electron chi connectivity index (χ0n) is 9.22. The molecule has 11 heteroatoms. The van der Waals surface area contributed by atoms with E-state index in [1.54, 1.807) is 27.9 Å². The van der Waals surface area contributed by atoms with E-state index in [-0.39, 0.29) is 11.3 Å². The number of carbonyl (C=O) groups excluding carboxylic acids is 1. The number of nitrogens with one attached hydrogen (secondary N) is 1. The van der Waals surface area contributed by atoms with E-state index in [2.05, 4.69) is 0 Å². The van der Waals surface area contributed by atoms with Crippen LogP contribution in [0.3, 0.4) is 0 Å². The molecular weight excluding hydrogens is 622 g/mol. The first-order valence-corrected chi connectivity index (χ1v) is 7.95. The van der Waals surface area contributed by atoms with Crippen molar-refractivity contribution in [2.75, 3.05) is 0 Å². The van der Waals surface area contributed by atoms with Gasteiger partial charge in [0.05, 0.1) is 10.5 Å². The summed E-state index contributed by atoms with van der Waals surface area (Å²) in [5.41, 5.74) is -0.264. The summed E-state index contributed by atoms with van der Waals surface area (Å²) in [6.07, 6.45) is -5.02. The fourth-order valence-electron chi connectivity index (χ4n) is 1.24. The van der Waals surface area contributed by atoms with Crippen LogP contribution in [0.1, 0.15) is 5.56 Å². The van der Waals surface area contributed by atoms with Gasteiger partial charge in [-0.3, -0.25) is 14.9 Å². The maximum atomic E-state index is 12.1. The Morgan fingerprint density at radius 1 is 1.30 bits per heavy atom. The number of hydrogen-bond acceptors (Lipinski definition) is 3. The average Bonchev–Trinajstić information content (AvgIpc) is 2.31. The van der Waals surface area contributed by atoms with Crippen molar-refractivity contribution in [1.82, 2.24) is 5.32 Å². The van der Waals surface area contributed by atoms with E-state index < -0.39 is 23.6 Å². The largest absolute Gasteiger partial charge is 0.471 e. The van der Waals surface area contributed by atoms with Crippen molar-refractivity contribution in [3.8, 4) is 0 Å². The summed E-state index contributed by atoms with van der Waals surface area (Å²) in [4.78, 5) is 21.1. The Kier molecular flexibility index (Phi) is 6.24. The van der Waals surface area contributed by atoms with Gasteiger partial charge in [0.1, 0.15) is 3.57 Å². The van der Waals surface area contributed by atoms with E-state index in [1.165, 1.54) is 6.07 Å². The molecule has 1 amide bonds. The molecule has 0 aliphatic rings. The Balaban J connectivity index is 3.13. The Bertz CT molecular complexity index is 578. The lowest BCUT2D eigenvalue weighted by Gasteiger charge is -2.10. The van der Waals surface area contributed by atoms with Gasteiger partial charge in [-0.25, -0.2) is 0 Å². The summed E-state index contributed by atoms with van der Waals surface area (Å²) in [5, 5.41) is 12.6. The molecule has 1 rings (SSSR count). The molecule has 0 fully saturated rings. The number of alkyl halides is 3. The molecule has 1 N–H and O–H groups in total. The molecule has 0 aromatic heterocycles. The minimum atomic E-state index is -5.02. The first-order chi connectivity index (χ1) is 9.05. The summed E-state index contributed by atoms with van der Waals surface area (Å²) in [7, 11) is 0. The molecule has 1 aromatic rings. The average molecular weight is 626 g/mol. The second-order valence-electron chi connectivity index (χ2n) is 3.43. The number of nitrogens with zero attached hydrogens (tertiary/aromatic N) is 1. The molecule has 0 radical (unpaired) electrons. The van der Waals surface area contributed by atoms with Crippen LogP contribution < -0.4 is 5.32 Å². The SMILES string of the molecule is O=C(NCc1cc(I)c(I)c(I)c1[N+](=O)[O-])C(F)(F)F. The molecule has 20 heavy (non-hydrogen) atoms. The van der Waals surface area contributed by atoms with Crippen LogP contribution in [0.15, 0.2) is 6.07 Å². The molecule has 0 aliphatic heterocycles. The third-order valence-corrected chi connectivity index (χ3v) is 7.18. The van der Waals surface area contributed by atoms with Crippen molar-refractivity contribution in [1.29, 1.82) is 0 Å². The number of benzene rings is 1. The lowest BCUT2D eigenvalue weighted by Crippen LogP contribution is -2.36. The van der Waals surface area contributed by atoms with Gasteiger partial charge in [0.25, 0.3) is 5.69 Å². The molecule has 0 bridgehead atoms. The van der Waals surface area contributed by atoms with Crippen LogP contribution in [-0.4, -0.2) is 17.0 Å².